The second-order valence-corrected chi connectivity index (χ2v) is 4.63. The number of carbonyl (C=O) groups is 1. The van der Waals surface area contributed by atoms with Gasteiger partial charge in [-0.1, -0.05) is 19.8 Å². The Balaban J connectivity index is 1.95. The topological polar surface area (TPSA) is 29.1 Å². The zero-order chi connectivity index (χ0) is 9.26. The molecule has 1 saturated carbocycles. The van der Waals surface area contributed by atoms with Crippen LogP contribution in [0.2, 0.25) is 0 Å². The van der Waals surface area contributed by atoms with Gasteiger partial charge in [-0.25, -0.2) is 0 Å². The average molecular weight is 181 g/mol. The second kappa shape index (κ2) is 3.79. The highest BCUT2D eigenvalue weighted by Gasteiger charge is 2.34. The molecular formula is C11H19NO. The van der Waals surface area contributed by atoms with E-state index >= 15 is 0 Å². The molecule has 0 aromatic carbocycles. The van der Waals surface area contributed by atoms with Crippen molar-refractivity contribution in [1.82, 2.24) is 5.32 Å². The highest BCUT2D eigenvalue weighted by Crippen LogP contribution is 2.30. The summed E-state index contributed by atoms with van der Waals surface area (Å²) in [5.74, 6) is 1.85. The van der Waals surface area contributed by atoms with Crippen LogP contribution in [0.25, 0.3) is 0 Å². The fraction of sp³-hybridized carbons (Fsp3) is 0.909. The Hall–Kier alpha value is -0.370. The highest BCUT2D eigenvalue weighted by atomic mass is 16.1. The fourth-order valence-electron chi connectivity index (χ4n) is 2.70. The fourth-order valence-corrected chi connectivity index (χ4v) is 2.70. The molecule has 0 spiro atoms. The number of carbonyl (C=O) groups excluding carboxylic acids is 1. The van der Waals surface area contributed by atoms with E-state index in [2.05, 4.69) is 12.2 Å². The Bertz CT molecular complexity index is 196. The van der Waals surface area contributed by atoms with Gasteiger partial charge in [0.15, 0.2) is 0 Å². The highest BCUT2D eigenvalue weighted by molar-refractivity contribution is 5.84. The van der Waals surface area contributed by atoms with Crippen molar-refractivity contribution in [2.45, 2.75) is 32.6 Å². The molecule has 1 N–H and O–H groups in total. The van der Waals surface area contributed by atoms with Crippen LogP contribution in [0.3, 0.4) is 0 Å². The minimum absolute atomic E-state index is 0.322. The van der Waals surface area contributed by atoms with E-state index in [-0.39, 0.29) is 0 Å². The van der Waals surface area contributed by atoms with Crippen LogP contribution >= 0.6 is 0 Å². The zero-order valence-electron chi connectivity index (χ0n) is 8.38. The number of nitrogens with one attached hydrogen (secondary N) is 1. The summed E-state index contributed by atoms with van der Waals surface area (Å²) < 4.78 is 0. The molecule has 1 heterocycles. The van der Waals surface area contributed by atoms with Crippen LogP contribution in [0.1, 0.15) is 32.6 Å². The maximum atomic E-state index is 12.0. The van der Waals surface area contributed by atoms with E-state index < -0.39 is 0 Å². The molecule has 0 amide bonds. The van der Waals surface area contributed by atoms with Gasteiger partial charge in [-0.05, 0) is 25.3 Å². The third kappa shape index (κ3) is 1.78. The number of Topliss-reactive ketones (excluding diaryl/α,β-unsaturated/α-hetero) is 1. The molecule has 1 aliphatic heterocycles. The smallest absolute Gasteiger partial charge is 0.140 e. The van der Waals surface area contributed by atoms with Gasteiger partial charge in [0, 0.05) is 18.4 Å². The Morgan fingerprint density at radius 2 is 1.92 bits per heavy atom. The minimum Gasteiger partial charge on any atom is -0.316 e. The maximum absolute atomic E-state index is 12.0. The molecule has 0 radical (unpaired) electrons. The summed E-state index contributed by atoms with van der Waals surface area (Å²) in [7, 11) is 0. The number of ketones is 1. The second-order valence-electron chi connectivity index (χ2n) is 4.63. The van der Waals surface area contributed by atoms with Crippen LogP contribution in [0, 0.1) is 17.8 Å². The summed E-state index contributed by atoms with van der Waals surface area (Å²) >= 11 is 0. The van der Waals surface area contributed by atoms with Gasteiger partial charge >= 0.3 is 0 Å². The average Bonchev–Trinajstić information content (AvgIpc) is 2.72. The largest absolute Gasteiger partial charge is 0.316 e. The summed E-state index contributed by atoms with van der Waals surface area (Å²) in [5, 5.41) is 3.31. The molecule has 2 atom stereocenters. The van der Waals surface area contributed by atoms with Crippen LogP contribution in [0.15, 0.2) is 0 Å². The van der Waals surface area contributed by atoms with Crippen molar-refractivity contribution in [3.05, 3.63) is 0 Å². The van der Waals surface area contributed by atoms with E-state index in [1.165, 1.54) is 12.8 Å². The molecule has 2 nitrogen and oxygen atoms in total. The molecule has 2 unspecified atom stereocenters. The molecule has 2 rings (SSSR count). The number of hydrogen-bond donors (Lipinski definition) is 1. The number of rotatable bonds is 2. The van der Waals surface area contributed by atoms with Crippen molar-refractivity contribution in [3.63, 3.8) is 0 Å². The molecule has 1 aliphatic carbocycles. The Morgan fingerprint density at radius 3 is 2.46 bits per heavy atom. The molecule has 0 bridgehead atoms. The Morgan fingerprint density at radius 1 is 1.23 bits per heavy atom. The van der Waals surface area contributed by atoms with Crippen molar-refractivity contribution in [2.75, 3.05) is 13.1 Å². The number of hydrogen-bond acceptors (Lipinski definition) is 2. The van der Waals surface area contributed by atoms with Crippen molar-refractivity contribution in [3.8, 4) is 0 Å². The van der Waals surface area contributed by atoms with Crippen molar-refractivity contribution in [1.29, 1.82) is 0 Å². The van der Waals surface area contributed by atoms with Gasteiger partial charge in [-0.3, -0.25) is 4.79 Å². The predicted molar refractivity (Wildman–Crippen MR) is 52.5 cm³/mol. The first-order chi connectivity index (χ1) is 6.29. The van der Waals surface area contributed by atoms with E-state index in [9.17, 15) is 4.79 Å². The normalized spacial score (nSPS) is 35.5. The van der Waals surface area contributed by atoms with Gasteiger partial charge < -0.3 is 5.32 Å². The van der Waals surface area contributed by atoms with Crippen molar-refractivity contribution >= 4 is 5.78 Å². The zero-order valence-corrected chi connectivity index (χ0v) is 8.38. The Labute approximate surface area is 80.1 Å². The van der Waals surface area contributed by atoms with Gasteiger partial charge in [-0.2, -0.15) is 0 Å². The molecule has 2 aliphatic rings. The Kier molecular flexibility index (Phi) is 2.68. The molecule has 13 heavy (non-hydrogen) atoms. The van der Waals surface area contributed by atoms with Gasteiger partial charge in [-0.15, -0.1) is 0 Å². The SMILES string of the molecule is CC1CNCC1C(=O)C1CCCC1. The summed E-state index contributed by atoms with van der Waals surface area (Å²) in [4.78, 5) is 12.0. The molecule has 0 aromatic heterocycles. The maximum Gasteiger partial charge on any atom is 0.140 e. The lowest BCUT2D eigenvalue weighted by Crippen LogP contribution is -2.26. The third-order valence-corrected chi connectivity index (χ3v) is 3.64. The molecule has 1 saturated heterocycles. The van der Waals surface area contributed by atoms with Gasteiger partial charge in [0.2, 0.25) is 0 Å². The first-order valence-corrected chi connectivity index (χ1v) is 5.53. The van der Waals surface area contributed by atoms with Crippen molar-refractivity contribution in [2.24, 2.45) is 17.8 Å². The van der Waals surface area contributed by atoms with Crippen LogP contribution in [-0.2, 0) is 4.79 Å². The summed E-state index contributed by atoms with van der Waals surface area (Å²) in [6.07, 6.45) is 4.85. The quantitative estimate of drug-likeness (QED) is 0.701. The first kappa shape index (κ1) is 9.20. The molecular weight excluding hydrogens is 162 g/mol. The van der Waals surface area contributed by atoms with Crippen LogP contribution in [0.5, 0.6) is 0 Å². The summed E-state index contributed by atoms with van der Waals surface area (Å²) in [5.41, 5.74) is 0. The van der Waals surface area contributed by atoms with Crippen LogP contribution < -0.4 is 5.32 Å². The lowest BCUT2D eigenvalue weighted by Gasteiger charge is -2.16. The predicted octanol–water partition coefficient (Wildman–Crippen LogP) is 1.60. The van der Waals surface area contributed by atoms with E-state index in [0.717, 1.165) is 25.9 Å². The summed E-state index contributed by atoms with van der Waals surface area (Å²) in [6.45, 7) is 4.15. The van der Waals surface area contributed by atoms with Crippen LogP contribution in [-0.4, -0.2) is 18.9 Å². The lowest BCUT2D eigenvalue weighted by atomic mass is 9.86. The van der Waals surface area contributed by atoms with Crippen LogP contribution in [0.4, 0.5) is 0 Å². The van der Waals surface area contributed by atoms with Gasteiger partial charge in [0.1, 0.15) is 5.78 Å². The van der Waals surface area contributed by atoms with Gasteiger partial charge in [0.05, 0.1) is 0 Å². The first-order valence-electron chi connectivity index (χ1n) is 5.53. The van der Waals surface area contributed by atoms with E-state index in [0.29, 0.717) is 23.5 Å². The molecule has 2 fully saturated rings. The van der Waals surface area contributed by atoms with E-state index in [4.69, 9.17) is 0 Å². The van der Waals surface area contributed by atoms with Gasteiger partial charge in [0.25, 0.3) is 0 Å². The molecule has 0 aromatic rings. The van der Waals surface area contributed by atoms with Crippen molar-refractivity contribution < 1.29 is 4.79 Å². The third-order valence-electron chi connectivity index (χ3n) is 3.64. The minimum atomic E-state index is 0.322. The standard InChI is InChI=1S/C11H19NO/c1-8-6-12-7-10(8)11(13)9-4-2-3-5-9/h8-10,12H,2-7H2,1H3. The van der Waals surface area contributed by atoms with E-state index in [1.54, 1.807) is 0 Å². The molecule has 2 heteroatoms. The molecule has 74 valence electrons. The monoisotopic (exact) mass is 181 g/mol. The van der Waals surface area contributed by atoms with E-state index in [1.807, 2.05) is 0 Å². The summed E-state index contributed by atoms with van der Waals surface area (Å²) in [6, 6.07) is 0. The lowest BCUT2D eigenvalue weighted by molar-refractivity contribution is -0.127.